The van der Waals surface area contributed by atoms with Crippen molar-refractivity contribution in [2.75, 3.05) is 12.8 Å². The molecule has 0 aliphatic carbocycles. The average Bonchev–Trinajstić information content (AvgIpc) is 3.28. The molecule has 2 unspecified atom stereocenters. The van der Waals surface area contributed by atoms with Gasteiger partial charge in [0.25, 0.3) is 5.91 Å². The number of benzene rings is 1. The largest absolute Gasteiger partial charge is 0.475 e. The average molecular weight is 491 g/mol. The summed E-state index contributed by atoms with van der Waals surface area (Å²) in [6, 6.07) is 6.74. The van der Waals surface area contributed by atoms with Gasteiger partial charge in [-0.3, -0.25) is 19.4 Å². The summed E-state index contributed by atoms with van der Waals surface area (Å²) in [5.41, 5.74) is 2.29. The lowest BCUT2D eigenvalue weighted by molar-refractivity contribution is -0.132. The highest BCUT2D eigenvalue weighted by molar-refractivity contribution is 8.31. The van der Waals surface area contributed by atoms with Crippen LogP contribution in [0.1, 0.15) is 55.5 Å². The van der Waals surface area contributed by atoms with E-state index in [0.29, 0.717) is 30.9 Å². The van der Waals surface area contributed by atoms with Gasteiger partial charge in [-0.1, -0.05) is 44.3 Å². The number of fused-ring (bicyclic) bond motifs is 1. The SMILES string of the molecule is CC(NC(=O)c1ccnc2ccc(C(C)C)cc12)C(=O)N1CCCC1B(O)O.CSC(=O)S. The smallest absolute Gasteiger partial charge is 0.426 e. The number of carbonyl (C=O) groups excluding carboxylic acids is 3. The van der Waals surface area contributed by atoms with Crippen LogP contribution in [0.2, 0.25) is 0 Å². The van der Waals surface area contributed by atoms with Gasteiger partial charge >= 0.3 is 7.12 Å². The maximum absolute atomic E-state index is 12.9. The molecule has 2 heterocycles. The van der Waals surface area contributed by atoms with Crippen LogP contribution in [0.5, 0.6) is 0 Å². The Bertz CT molecular complexity index is 1010. The lowest BCUT2D eigenvalue weighted by atomic mass is 9.78. The Labute approximate surface area is 204 Å². The number of amides is 2. The first-order valence-electron chi connectivity index (χ1n) is 10.7. The van der Waals surface area contributed by atoms with Crippen LogP contribution in [-0.4, -0.2) is 68.1 Å². The number of hydrogen-bond donors (Lipinski definition) is 4. The van der Waals surface area contributed by atoms with E-state index in [4.69, 9.17) is 0 Å². The van der Waals surface area contributed by atoms with Crippen molar-refractivity contribution < 1.29 is 24.4 Å². The fraction of sp³-hybridized carbons (Fsp3) is 0.455. The number of aromatic nitrogens is 1. The number of carbonyl (C=O) groups is 3. The summed E-state index contributed by atoms with van der Waals surface area (Å²) in [5.74, 6) is -0.972. The second kappa shape index (κ2) is 12.4. The third-order valence-electron chi connectivity index (χ3n) is 5.50. The monoisotopic (exact) mass is 491 g/mol. The van der Waals surface area contributed by atoms with E-state index in [9.17, 15) is 24.4 Å². The first-order valence-corrected chi connectivity index (χ1v) is 12.4. The van der Waals surface area contributed by atoms with E-state index in [2.05, 4.69) is 36.8 Å². The van der Waals surface area contributed by atoms with Crippen molar-refractivity contribution in [1.82, 2.24) is 15.2 Å². The molecular weight excluding hydrogens is 461 g/mol. The van der Waals surface area contributed by atoms with Crippen LogP contribution in [0.25, 0.3) is 10.9 Å². The summed E-state index contributed by atoms with van der Waals surface area (Å²) in [5, 5.41) is 22.4. The van der Waals surface area contributed by atoms with Gasteiger partial charge in [0.2, 0.25) is 10.4 Å². The molecule has 1 saturated heterocycles. The van der Waals surface area contributed by atoms with Crippen LogP contribution in [0.3, 0.4) is 0 Å². The highest BCUT2D eigenvalue weighted by Gasteiger charge is 2.38. The van der Waals surface area contributed by atoms with Crippen LogP contribution in [0.15, 0.2) is 30.5 Å². The van der Waals surface area contributed by atoms with Gasteiger partial charge in [0.05, 0.1) is 17.0 Å². The van der Waals surface area contributed by atoms with E-state index in [0.717, 1.165) is 28.2 Å². The number of pyridine rings is 1. The van der Waals surface area contributed by atoms with Crippen LogP contribution >= 0.6 is 24.4 Å². The molecule has 1 aromatic heterocycles. The van der Waals surface area contributed by atoms with Crippen LogP contribution in [-0.2, 0) is 4.79 Å². The van der Waals surface area contributed by atoms with E-state index in [-0.39, 0.29) is 16.3 Å². The summed E-state index contributed by atoms with van der Waals surface area (Å²) in [4.78, 5) is 41.0. The maximum atomic E-state index is 12.9. The number of nitrogens with one attached hydrogen (secondary N) is 1. The van der Waals surface area contributed by atoms with Gasteiger partial charge in [-0.25, -0.2) is 0 Å². The Balaban J connectivity index is 0.000000696. The number of thioether (sulfide) groups is 1. The number of nitrogens with zero attached hydrogens (tertiary/aromatic N) is 2. The van der Waals surface area contributed by atoms with Gasteiger partial charge in [0.1, 0.15) is 6.04 Å². The predicted octanol–water partition coefficient (Wildman–Crippen LogP) is 2.88. The van der Waals surface area contributed by atoms with Gasteiger partial charge in [0, 0.05) is 18.1 Å². The predicted molar refractivity (Wildman–Crippen MR) is 136 cm³/mol. The fourth-order valence-electron chi connectivity index (χ4n) is 3.68. The molecule has 0 saturated carbocycles. The molecule has 178 valence electrons. The quantitative estimate of drug-likeness (QED) is 0.375. The van der Waals surface area contributed by atoms with E-state index in [1.165, 1.54) is 4.90 Å². The van der Waals surface area contributed by atoms with Crippen molar-refractivity contribution in [1.29, 1.82) is 0 Å². The summed E-state index contributed by atoms with van der Waals surface area (Å²) >= 11 is 4.53. The normalized spacial score (nSPS) is 16.2. The highest BCUT2D eigenvalue weighted by atomic mass is 32.2. The Morgan fingerprint density at radius 3 is 2.48 bits per heavy atom. The molecule has 1 fully saturated rings. The minimum Gasteiger partial charge on any atom is -0.426 e. The van der Waals surface area contributed by atoms with Crippen molar-refractivity contribution in [3.05, 3.63) is 41.6 Å². The number of rotatable bonds is 5. The number of likely N-dealkylation sites (tertiary alicyclic amines) is 1. The van der Waals surface area contributed by atoms with Gasteiger partial charge in [-0.05, 0) is 55.7 Å². The molecule has 33 heavy (non-hydrogen) atoms. The molecule has 2 aromatic rings. The second-order valence-electron chi connectivity index (χ2n) is 8.11. The molecule has 1 aliphatic heterocycles. The lowest BCUT2D eigenvalue weighted by Gasteiger charge is -2.27. The van der Waals surface area contributed by atoms with E-state index >= 15 is 0 Å². The van der Waals surface area contributed by atoms with Crippen molar-refractivity contribution in [3.8, 4) is 0 Å². The lowest BCUT2D eigenvalue weighted by Crippen LogP contribution is -2.52. The number of thiol groups is 1. The third kappa shape index (κ3) is 7.20. The molecule has 3 rings (SSSR count). The topological polar surface area (TPSA) is 120 Å². The minimum atomic E-state index is -1.58. The summed E-state index contributed by atoms with van der Waals surface area (Å²) in [6.07, 6.45) is 4.52. The Morgan fingerprint density at radius 1 is 1.24 bits per heavy atom. The van der Waals surface area contributed by atoms with Crippen LogP contribution in [0.4, 0.5) is 4.79 Å². The standard InChI is InChI=1S/C20H26BN3O4.C2H4OS2/c1-12(2)14-6-7-17-16(11-14)15(8-9-22-17)19(25)23-13(3)20(26)24-10-4-5-18(24)21(27)28;1-5-2(3)4/h6-9,11-13,18,27-28H,4-5,10H2,1-3H3,(H,23,25);1H3,(H,3,4). The summed E-state index contributed by atoms with van der Waals surface area (Å²) in [7, 11) is -1.58. The van der Waals surface area contributed by atoms with Crippen molar-refractivity contribution in [2.45, 2.75) is 51.5 Å². The molecule has 11 heteroatoms. The minimum absolute atomic E-state index is 0.134. The van der Waals surface area contributed by atoms with E-state index in [1.54, 1.807) is 25.4 Å². The summed E-state index contributed by atoms with van der Waals surface area (Å²) in [6.45, 7) is 6.24. The fourth-order valence-corrected chi connectivity index (χ4v) is 3.68. The van der Waals surface area contributed by atoms with Crippen molar-refractivity contribution in [2.24, 2.45) is 0 Å². The van der Waals surface area contributed by atoms with Crippen LogP contribution < -0.4 is 5.32 Å². The van der Waals surface area contributed by atoms with Crippen LogP contribution in [0, 0.1) is 0 Å². The second-order valence-corrected chi connectivity index (χ2v) is 9.60. The highest BCUT2D eigenvalue weighted by Crippen LogP contribution is 2.23. The zero-order chi connectivity index (χ0) is 24.7. The number of hydrogen-bond acceptors (Lipinski definition) is 7. The Hall–Kier alpha value is -2.08. The molecule has 2 atom stereocenters. The van der Waals surface area contributed by atoms with E-state index in [1.807, 2.05) is 18.2 Å². The summed E-state index contributed by atoms with van der Waals surface area (Å²) < 4.78 is -0.134. The molecule has 3 N–H and O–H groups in total. The molecular formula is C22H30BN3O5S2. The molecule has 0 spiro atoms. The van der Waals surface area contributed by atoms with Gasteiger partial charge in [0.15, 0.2) is 0 Å². The zero-order valence-electron chi connectivity index (χ0n) is 19.2. The molecule has 1 aromatic carbocycles. The molecule has 0 radical (unpaired) electrons. The van der Waals surface area contributed by atoms with E-state index < -0.39 is 19.1 Å². The maximum Gasteiger partial charge on any atom is 0.475 e. The Kier molecular flexibility index (Phi) is 10.2. The van der Waals surface area contributed by atoms with Crippen molar-refractivity contribution in [3.63, 3.8) is 0 Å². The van der Waals surface area contributed by atoms with Gasteiger partial charge < -0.3 is 20.3 Å². The zero-order valence-corrected chi connectivity index (χ0v) is 20.9. The van der Waals surface area contributed by atoms with Gasteiger partial charge in [-0.2, -0.15) is 0 Å². The van der Waals surface area contributed by atoms with Crippen molar-refractivity contribution >= 4 is 58.7 Å². The molecule has 1 aliphatic rings. The first kappa shape index (κ1) is 27.2. The molecule has 2 amide bonds. The third-order valence-corrected chi connectivity index (χ3v) is 6.39. The van der Waals surface area contributed by atoms with Gasteiger partial charge in [-0.15, -0.1) is 0 Å². The first-order chi connectivity index (χ1) is 15.6. The molecule has 0 bridgehead atoms. The molecule has 8 nitrogen and oxygen atoms in total. The Morgan fingerprint density at radius 2 is 1.91 bits per heavy atom.